The molecule has 0 spiro atoms. The number of fused-ring (bicyclic) bond motifs is 2. The molecule has 3 aromatic carbocycles. The summed E-state index contributed by atoms with van der Waals surface area (Å²) in [6.45, 7) is 9.72. The third-order valence-corrected chi connectivity index (χ3v) is 19.1. The van der Waals surface area contributed by atoms with Crippen LogP contribution in [0.4, 0.5) is 28.4 Å². The SMILES string of the molecule is CN(C)P1(=O)CCC(CNc2ccc(S(=O)(=O)NC(=O)c3ccc(N4CCN(CC5=C(c6ccc(Cl)cc6)CC(C)(C)CC5)CC4)cc3N3CCOc4nc5[nH]ccc5cc43)cc2[N+](=O)[O-])CC1. The molecule has 2 aromatic heterocycles. The van der Waals surface area contributed by atoms with Gasteiger partial charge in [-0.2, -0.15) is 4.98 Å². The lowest BCUT2D eigenvalue weighted by Gasteiger charge is -2.39. The van der Waals surface area contributed by atoms with Crippen LogP contribution in [0.5, 0.6) is 5.88 Å². The number of halogens is 1. The van der Waals surface area contributed by atoms with Crippen LogP contribution in [0.15, 0.2) is 89.5 Å². The summed E-state index contributed by atoms with van der Waals surface area (Å²) in [6.07, 6.45) is 7.54. The molecule has 5 heterocycles. The molecule has 0 saturated carbocycles. The van der Waals surface area contributed by atoms with Gasteiger partial charge in [0.25, 0.3) is 21.6 Å². The molecule has 4 aliphatic rings. The van der Waals surface area contributed by atoms with Crippen LogP contribution in [0, 0.1) is 21.4 Å². The van der Waals surface area contributed by atoms with E-state index in [-0.39, 0.29) is 29.2 Å². The minimum Gasteiger partial charge on any atom is -0.474 e. The molecule has 19 heteroatoms. The average Bonchev–Trinajstić information content (AvgIpc) is 3.78. The monoisotopic (exact) mass is 983 g/mol. The number of pyridine rings is 1. The van der Waals surface area contributed by atoms with Crippen molar-refractivity contribution in [3.8, 4) is 5.88 Å². The summed E-state index contributed by atoms with van der Waals surface area (Å²) in [5.74, 6) is -0.363. The summed E-state index contributed by atoms with van der Waals surface area (Å²) in [5, 5.41) is 17.0. The Morgan fingerprint density at radius 2 is 1.75 bits per heavy atom. The van der Waals surface area contributed by atoms with Gasteiger partial charge in [-0.25, -0.2) is 13.1 Å². The van der Waals surface area contributed by atoms with Crippen LogP contribution in [0.25, 0.3) is 16.6 Å². The number of carbonyl (C=O) groups excluding carboxylic acids is 1. The number of aromatic amines is 1. The number of allylic oxidation sites excluding steroid dienone is 1. The Hall–Kier alpha value is -5.45. The Balaban J connectivity index is 0.954. The van der Waals surface area contributed by atoms with Crippen molar-refractivity contribution in [1.29, 1.82) is 0 Å². The fourth-order valence-corrected chi connectivity index (χ4v) is 13.7. The maximum Gasteiger partial charge on any atom is 0.293 e. The highest BCUT2D eigenvalue weighted by Gasteiger charge is 2.34. The number of nitro groups is 1. The molecule has 5 aromatic rings. The first-order valence-electron chi connectivity index (χ1n) is 23.3. The van der Waals surface area contributed by atoms with Crippen LogP contribution in [0.1, 0.15) is 61.9 Å². The van der Waals surface area contributed by atoms with E-state index in [4.69, 9.17) is 21.3 Å². The van der Waals surface area contributed by atoms with Gasteiger partial charge in [-0.05, 0) is 123 Å². The third kappa shape index (κ3) is 10.1. The first-order valence-corrected chi connectivity index (χ1v) is 27.2. The molecule has 3 N–H and O–H groups in total. The van der Waals surface area contributed by atoms with E-state index in [1.165, 1.54) is 28.8 Å². The predicted molar refractivity (Wildman–Crippen MR) is 270 cm³/mol. The molecule has 3 aliphatic heterocycles. The Morgan fingerprint density at radius 1 is 1.00 bits per heavy atom. The lowest BCUT2D eigenvalue weighted by molar-refractivity contribution is -0.384. The number of sulfonamides is 1. The third-order valence-electron chi connectivity index (χ3n) is 14.2. The number of hydrogen-bond donors (Lipinski definition) is 3. The zero-order chi connectivity index (χ0) is 48.0. The van der Waals surface area contributed by atoms with E-state index in [2.05, 4.69) is 50.8 Å². The van der Waals surface area contributed by atoms with Crippen molar-refractivity contribution >= 4 is 79.9 Å². The predicted octanol–water partition coefficient (Wildman–Crippen LogP) is 9.22. The van der Waals surface area contributed by atoms with Crippen molar-refractivity contribution in [3.63, 3.8) is 0 Å². The van der Waals surface area contributed by atoms with Gasteiger partial charge in [-0.15, -0.1) is 0 Å². The number of rotatable bonds is 13. The van der Waals surface area contributed by atoms with Gasteiger partial charge in [0.15, 0.2) is 0 Å². The lowest BCUT2D eigenvalue weighted by atomic mass is 9.72. The number of carbonyl (C=O) groups is 1. The Bertz CT molecular complexity index is 2920. The van der Waals surface area contributed by atoms with Crippen LogP contribution in [-0.4, -0.2) is 118 Å². The highest BCUT2D eigenvalue weighted by Crippen LogP contribution is 2.53. The molecule has 0 radical (unpaired) electrons. The largest absolute Gasteiger partial charge is 0.474 e. The zero-order valence-corrected chi connectivity index (χ0v) is 41.4. The van der Waals surface area contributed by atoms with Gasteiger partial charge in [-0.3, -0.25) is 24.5 Å². The number of aromatic nitrogens is 2. The molecule has 360 valence electrons. The molecule has 0 atom stereocenters. The fraction of sp³-hybridized carbons (Fsp3) is 0.429. The maximum atomic E-state index is 14.4. The van der Waals surface area contributed by atoms with Crippen molar-refractivity contribution < 1.29 is 27.4 Å². The van der Waals surface area contributed by atoms with Gasteiger partial charge in [-0.1, -0.05) is 43.2 Å². The average molecular weight is 985 g/mol. The number of H-pyrrole nitrogens is 1. The number of anilines is 4. The van der Waals surface area contributed by atoms with Gasteiger partial charge < -0.3 is 29.4 Å². The molecule has 1 aliphatic carbocycles. The van der Waals surface area contributed by atoms with E-state index in [0.29, 0.717) is 61.2 Å². The molecule has 9 rings (SSSR count). The molecule has 68 heavy (non-hydrogen) atoms. The Kier molecular flexibility index (Phi) is 13.4. The number of piperazine rings is 1. The van der Waals surface area contributed by atoms with Crippen molar-refractivity contribution in [3.05, 3.63) is 111 Å². The summed E-state index contributed by atoms with van der Waals surface area (Å²) in [6, 6.07) is 21.0. The van der Waals surface area contributed by atoms with E-state index in [0.717, 1.165) is 74.1 Å². The van der Waals surface area contributed by atoms with Crippen molar-refractivity contribution in [2.45, 2.75) is 50.8 Å². The van der Waals surface area contributed by atoms with Crippen LogP contribution >= 0.6 is 18.9 Å². The highest BCUT2D eigenvalue weighted by molar-refractivity contribution is 7.90. The van der Waals surface area contributed by atoms with E-state index in [9.17, 15) is 27.9 Å². The van der Waals surface area contributed by atoms with Crippen LogP contribution in [-0.2, 0) is 14.6 Å². The van der Waals surface area contributed by atoms with E-state index >= 15 is 0 Å². The maximum absolute atomic E-state index is 14.4. The van der Waals surface area contributed by atoms with Gasteiger partial charge in [0.05, 0.1) is 27.6 Å². The number of hydrogen-bond acceptors (Lipinski definition) is 12. The topological polar surface area (TPSA) is 186 Å². The smallest absolute Gasteiger partial charge is 0.293 e. The van der Waals surface area contributed by atoms with Crippen molar-refractivity contribution in [1.82, 2.24) is 24.3 Å². The number of ether oxygens (including phenoxy) is 1. The standard InChI is InChI=1S/C49H59ClN9O7PS/c1-49(2)17-13-36(41(30-49)34-5-7-37(50)8-6-34)32-56-19-21-57(22-20-56)38-9-11-40(43(28-38)58-23-24-66-48-45(58)27-35-14-18-51-46(35)53-48)47(60)54-68(64,65)39-10-12-42(44(29-39)59(61)62)52-31-33-15-25-67(63,26-16-33)55(3)4/h5-12,14,18,27-29,33,52H,13,15-17,19-26,30-32H2,1-4H3,(H,51,53)(H,54,60). The summed E-state index contributed by atoms with van der Waals surface area (Å²) >= 11 is 6.27. The summed E-state index contributed by atoms with van der Waals surface area (Å²) in [7, 11) is -3.33. The Morgan fingerprint density at radius 3 is 2.47 bits per heavy atom. The van der Waals surface area contributed by atoms with E-state index in [1.54, 1.807) is 12.3 Å². The molecule has 2 fully saturated rings. The molecule has 0 bridgehead atoms. The first-order chi connectivity index (χ1) is 32.4. The number of amides is 1. The van der Waals surface area contributed by atoms with Crippen molar-refractivity contribution in [2.75, 3.05) is 94.0 Å². The molecule has 2 saturated heterocycles. The second-order valence-electron chi connectivity index (χ2n) is 19.5. The van der Waals surface area contributed by atoms with Gasteiger partial charge >= 0.3 is 0 Å². The Labute approximate surface area is 402 Å². The van der Waals surface area contributed by atoms with E-state index < -0.39 is 38.7 Å². The molecule has 0 unspecified atom stereocenters. The van der Waals surface area contributed by atoms with Gasteiger partial charge in [0.2, 0.25) is 5.88 Å². The number of nitrogens with one attached hydrogen (secondary N) is 3. The molecule has 1 amide bonds. The lowest BCUT2D eigenvalue weighted by Crippen LogP contribution is -2.47. The van der Waals surface area contributed by atoms with Gasteiger partial charge in [0, 0.05) is 80.0 Å². The first kappa shape index (κ1) is 47.6. The number of benzene rings is 3. The number of nitrogens with zero attached hydrogens (tertiary/aromatic N) is 6. The minimum absolute atomic E-state index is 0.0962. The van der Waals surface area contributed by atoms with Crippen LogP contribution < -0.4 is 24.6 Å². The van der Waals surface area contributed by atoms with Crippen molar-refractivity contribution in [2.24, 2.45) is 11.3 Å². The second kappa shape index (κ2) is 19.2. The highest BCUT2D eigenvalue weighted by atomic mass is 35.5. The minimum atomic E-state index is -4.60. The quantitative estimate of drug-likeness (QED) is 0.0577. The molecular weight excluding hydrogens is 925 g/mol. The molecule has 16 nitrogen and oxygen atoms in total. The van der Waals surface area contributed by atoms with Crippen LogP contribution in [0.2, 0.25) is 5.02 Å². The summed E-state index contributed by atoms with van der Waals surface area (Å²) in [5.41, 5.74) is 6.78. The second-order valence-corrected chi connectivity index (χ2v) is 25.0. The fourth-order valence-electron chi connectivity index (χ4n) is 9.99. The molecular formula is C49H59ClN9O7PS. The summed E-state index contributed by atoms with van der Waals surface area (Å²) in [4.78, 5) is 40.2. The summed E-state index contributed by atoms with van der Waals surface area (Å²) < 4.78 is 51.1. The van der Waals surface area contributed by atoms with E-state index in [1.807, 2.05) is 60.1 Å². The van der Waals surface area contributed by atoms with Gasteiger partial charge in [0.1, 0.15) is 30.9 Å². The zero-order valence-electron chi connectivity index (χ0n) is 39.0. The van der Waals surface area contributed by atoms with Crippen LogP contribution in [0.3, 0.4) is 0 Å². The number of nitro benzene ring substituents is 1. The normalized spacial score (nSPS) is 21.1.